The highest BCUT2D eigenvalue weighted by Crippen LogP contribution is 2.51. The van der Waals surface area contributed by atoms with Crippen molar-refractivity contribution in [2.24, 2.45) is 4.99 Å². The summed E-state index contributed by atoms with van der Waals surface area (Å²) >= 11 is 1.12. The summed E-state index contributed by atoms with van der Waals surface area (Å²) in [5.41, 5.74) is -1.50. The molecule has 1 amide bonds. The van der Waals surface area contributed by atoms with Crippen LogP contribution in [0.5, 0.6) is 0 Å². The number of halogens is 5. The predicted octanol–water partition coefficient (Wildman–Crippen LogP) is 4.42. The number of piperazine rings is 1. The van der Waals surface area contributed by atoms with E-state index in [0.717, 1.165) is 30.0 Å². The molecule has 7 nitrogen and oxygen atoms in total. The minimum atomic E-state index is -4.90. The normalized spacial score (nSPS) is 24.0. The molecule has 2 aromatic rings. The fourth-order valence-electron chi connectivity index (χ4n) is 6.31. The quantitative estimate of drug-likeness (QED) is 0.411. The Morgan fingerprint density at radius 2 is 1.83 bits per heavy atom. The maximum atomic E-state index is 15.0. The third kappa shape index (κ3) is 4.68. The number of carbonyl (C=O) groups excluding carboxylic acids is 2. The topological polar surface area (TPSA) is 76.5 Å². The number of aliphatic imine (C=N–C) groups is 1. The molecule has 0 aliphatic carbocycles. The van der Waals surface area contributed by atoms with Gasteiger partial charge in [-0.15, -0.1) is 11.8 Å². The number of ketones is 1. The van der Waals surface area contributed by atoms with E-state index < -0.39 is 52.9 Å². The van der Waals surface area contributed by atoms with Crippen LogP contribution in [-0.4, -0.2) is 76.3 Å². The number of likely N-dealkylation sites (tertiary alicyclic amines) is 1. The SMILES string of the molecule is C=CC(=O)N1C2CC(=O)CC1CN(C1=NC(O)N3CCCSc4c(-c5ccc(F)cc5F)c(C(F)(F)F)cc1c43)C2. The van der Waals surface area contributed by atoms with Crippen molar-refractivity contribution < 1.29 is 36.6 Å². The lowest BCUT2D eigenvalue weighted by Crippen LogP contribution is -2.65. The monoisotopic (exact) mass is 592 g/mol. The second-order valence-corrected chi connectivity index (χ2v) is 11.6. The van der Waals surface area contributed by atoms with Gasteiger partial charge in [-0.05, 0) is 36.4 Å². The number of carbonyl (C=O) groups is 2. The first-order valence-corrected chi connectivity index (χ1v) is 14.1. The average molecular weight is 593 g/mol. The smallest absolute Gasteiger partial charge is 0.355 e. The molecule has 6 rings (SSSR count). The van der Waals surface area contributed by atoms with E-state index in [1.807, 2.05) is 0 Å². The van der Waals surface area contributed by atoms with Gasteiger partial charge in [0.1, 0.15) is 23.3 Å². The number of anilines is 1. The molecule has 2 fully saturated rings. The van der Waals surface area contributed by atoms with Gasteiger partial charge in [0.05, 0.1) is 23.3 Å². The average Bonchev–Trinajstić information content (AvgIpc) is 3.13. The van der Waals surface area contributed by atoms with Crippen LogP contribution in [0.3, 0.4) is 0 Å². The van der Waals surface area contributed by atoms with Crippen molar-refractivity contribution in [1.29, 1.82) is 0 Å². The molecule has 216 valence electrons. The van der Waals surface area contributed by atoms with E-state index in [2.05, 4.69) is 11.6 Å². The summed E-state index contributed by atoms with van der Waals surface area (Å²) < 4.78 is 72.8. The van der Waals surface area contributed by atoms with Crippen molar-refractivity contribution in [1.82, 2.24) is 9.80 Å². The van der Waals surface area contributed by atoms with Crippen LogP contribution < -0.4 is 4.90 Å². The highest BCUT2D eigenvalue weighted by atomic mass is 32.2. The summed E-state index contributed by atoms with van der Waals surface area (Å²) in [6.07, 6.45) is -4.48. The van der Waals surface area contributed by atoms with Crippen LogP contribution in [0.1, 0.15) is 30.4 Å². The zero-order valence-electron chi connectivity index (χ0n) is 21.6. The van der Waals surface area contributed by atoms with Crippen LogP contribution in [0.25, 0.3) is 11.1 Å². The number of fused-ring (bicyclic) bond motifs is 2. The standard InChI is InChI=1S/C28H25F5N4O3S/c1-2-22(39)37-15-9-17(38)10-16(37)13-35(12-15)26-19-11-20(28(31,32)33)23(18-5-4-14(29)8-21(18)30)25-24(19)36(27(40)34-26)6-3-7-41-25/h2,4-5,8,11,15-16,27,40H,1,3,6-7,9-10,12-13H2. The van der Waals surface area contributed by atoms with Gasteiger partial charge in [-0.25, -0.2) is 13.8 Å². The molecule has 41 heavy (non-hydrogen) atoms. The Bertz CT molecular complexity index is 1480. The summed E-state index contributed by atoms with van der Waals surface area (Å²) in [7, 11) is 0. The molecule has 2 bridgehead atoms. The molecule has 3 unspecified atom stereocenters. The maximum Gasteiger partial charge on any atom is 0.417 e. The minimum absolute atomic E-state index is 0.0140. The Labute approximate surface area is 236 Å². The lowest BCUT2D eigenvalue weighted by atomic mass is 9.88. The van der Waals surface area contributed by atoms with Crippen LogP contribution in [-0.2, 0) is 15.8 Å². The zero-order valence-corrected chi connectivity index (χ0v) is 22.4. The van der Waals surface area contributed by atoms with Crippen LogP contribution in [0.2, 0.25) is 0 Å². The maximum absolute atomic E-state index is 15.0. The van der Waals surface area contributed by atoms with Gasteiger partial charge in [0, 0.05) is 60.1 Å². The van der Waals surface area contributed by atoms with Crippen LogP contribution in [0.15, 0.2) is 46.8 Å². The molecule has 3 atom stereocenters. The van der Waals surface area contributed by atoms with E-state index >= 15 is 4.39 Å². The number of amides is 1. The Kier molecular flexibility index (Phi) is 6.84. The highest BCUT2D eigenvalue weighted by molar-refractivity contribution is 7.99. The molecule has 0 spiro atoms. The molecule has 4 aliphatic rings. The lowest BCUT2D eigenvalue weighted by Gasteiger charge is -2.51. The lowest BCUT2D eigenvalue weighted by molar-refractivity contribution is -0.142. The number of rotatable bonds is 2. The van der Waals surface area contributed by atoms with Crippen molar-refractivity contribution in [2.45, 2.75) is 48.8 Å². The fraction of sp³-hybridized carbons (Fsp3) is 0.393. The largest absolute Gasteiger partial charge is 0.417 e. The molecule has 4 aliphatic heterocycles. The zero-order chi connectivity index (χ0) is 29.2. The number of hydrogen-bond acceptors (Lipinski definition) is 7. The molecular formula is C28H25F5N4O3S. The van der Waals surface area contributed by atoms with E-state index in [1.165, 1.54) is 11.0 Å². The Morgan fingerprint density at radius 3 is 2.46 bits per heavy atom. The third-order valence-corrected chi connectivity index (χ3v) is 9.08. The van der Waals surface area contributed by atoms with E-state index in [4.69, 9.17) is 0 Å². The van der Waals surface area contributed by atoms with Crippen LogP contribution in [0, 0.1) is 11.6 Å². The number of Topliss-reactive ketones (excluding diaryl/α,β-unsaturated/α-hetero) is 1. The molecule has 13 heteroatoms. The number of thioether (sulfide) groups is 1. The highest BCUT2D eigenvalue weighted by Gasteiger charge is 2.46. The summed E-state index contributed by atoms with van der Waals surface area (Å²) in [6, 6.07) is 2.29. The first-order chi connectivity index (χ1) is 19.5. The number of piperidine rings is 1. The first kappa shape index (κ1) is 27.7. The molecule has 0 aromatic heterocycles. The Balaban J connectivity index is 1.54. The molecule has 1 N–H and O–H groups in total. The molecule has 2 saturated heterocycles. The van der Waals surface area contributed by atoms with Gasteiger partial charge in [-0.3, -0.25) is 9.59 Å². The number of nitrogens with zero attached hydrogens (tertiary/aromatic N) is 4. The number of alkyl halides is 3. The van der Waals surface area contributed by atoms with Gasteiger partial charge in [-0.1, -0.05) is 6.58 Å². The van der Waals surface area contributed by atoms with Crippen molar-refractivity contribution in [3.63, 3.8) is 0 Å². The van der Waals surface area contributed by atoms with Gasteiger partial charge < -0.3 is 19.8 Å². The Hall–Kier alpha value is -3.45. The summed E-state index contributed by atoms with van der Waals surface area (Å²) in [6.45, 7) is 4.07. The van der Waals surface area contributed by atoms with E-state index in [1.54, 1.807) is 9.80 Å². The first-order valence-electron chi connectivity index (χ1n) is 13.1. The Morgan fingerprint density at radius 1 is 1.12 bits per heavy atom. The van der Waals surface area contributed by atoms with Gasteiger partial charge in [0.25, 0.3) is 0 Å². The summed E-state index contributed by atoms with van der Waals surface area (Å²) in [5.74, 6) is -1.88. The molecule has 2 aromatic carbocycles. The molecule has 4 heterocycles. The van der Waals surface area contributed by atoms with Gasteiger partial charge in [0.2, 0.25) is 12.3 Å². The fourth-order valence-corrected chi connectivity index (χ4v) is 7.52. The second kappa shape index (κ2) is 10.1. The van der Waals surface area contributed by atoms with Gasteiger partial charge in [-0.2, -0.15) is 13.2 Å². The van der Waals surface area contributed by atoms with E-state index in [9.17, 15) is 32.3 Å². The van der Waals surface area contributed by atoms with Crippen LogP contribution in [0.4, 0.5) is 27.6 Å². The third-order valence-electron chi connectivity index (χ3n) is 7.90. The summed E-state index contributed by atoms with van der Waals surface area (Å²) in [5, 5.41) is 11.1. The second-order valence-electron chi connectivity index (χ2n) is 10.5. The number of aliphatic hydroxyl groups excluding tert-OH is 1. The molecular weight excluding hydrogens is 567 g/mol. The van der Waals surface area contributed by atoms with Gasteiger partial charge >= 0.3 is 6.18 Å². The number of hydrogen-bond donors (Lipinski definition) is 1. The molecule has 0 saturated carbocycles. The van der Waals surface area contributed by atoms with Gasteiger partial charge in [0.15, 0.2) is 0 Å². The van der Waals surface area contributed by atoms with Crippen molar-refractivity contribution in [2.75, 3.05) is 30.3 Å². The molecule has 0 radical (unpaired) electrons. The minimum Gasteiger partial charge on any atom is -0.355 e. The van der Waals surface area contributed by atoms with Crippen molar-refractivity contribution >= 4 is 35.0 Å². The van der Waals surface area contributed by atoms with Crippen molar-refractivity contribution in [3.8, 4) is 11.1 Å². The predicted molar refractivity (Wildman–Crippen MR) is 142 cm³/mol. The van der Waals surface area contributed by atoms with Crippen LogP contribution >= 0.6 is 11.8 Å². The number of benzene rings is 2. The summed E-state index contributed by atoms with van der Waals surface area (Å²) in [4.78, 5) is 34.3. The van der Waals surface area contributed by atoms with E-state index in [-0.39, 0.29) is 53.9 Å². The number of aliphatic hydroxyl groups is 1. The number of amidine groups is 1. The van der Waals surface area contributed by atoms with Crippen molar-refractivity contribution in [3.05, 3.63) is 59.7 Å². The van der Waals surface area contributed by atoms with E-state index in [0.29, 0.717) is 30.5 Å².